The van der Waals surface area contributed by atoms with Gasteiger partial charge >= 0.3 is 5.97 Å². The van der Waals surface area contributed by atoms with Crippen LogP contribution in [-0.4, -0.2) is 37.5 Å². The molecule has 1 aromatic carbocycles. The zero-order valence-electron chi connectivity index (χ0n) is 16.3. The van der Waals surface area contributed by atoms with E-state index in [9.17, 15) is 14.4 Å². The summed E-state index contributed by atoms with van der Waals surface area (Å²) in [5, 5.41) is 7.54. The molecule has 0 saturated heterocycles. The second-order valence-electron chi connectivity index (χ2n) is 6.30. The number of hydrogen-bond acceptors (Lipinski definition) is 6. The van der Waals surface area contributed by atoms with Gasteiger partial charge in [-0.3, -0.25) is 9.59 Å². The fourth-order valence-corrected chi connectivity index (χ4v) is 3.27. The van der Waals surface area contributed by atoms with Gasteiger partial charge in [-0.15, -0.1) is 11.3 Å². The molecule has 0 fully saturated rings. The van der Waals surface area contributed by atoms with Crippen LogP contribution in [0.2, 0.25) is 0 Å². The Morgan fingerprint density at radius 1 is 1.11 bits per heavy atom. The van der Waals surface area contributed by atoms with Crippen LogP contribution in [0.5, 0.6) is 5.75 Å². The minimum atomic E-state index is -0.772. The van der Waals surface area contributed by atoms with Crippen LogP contribution in [-0.2, 0) is 9.53 Å². The van der Waals surface area contributed by atoms with Gasteiger partial charge in [0.1, 0.15) is 16.8 Å². The second-order valence-corrected chi connectivity index (χ2v) is 7.21. The van der Waals surface area contributed by atoms with E-state index in [1.54, 1.807) is 35.7 Å². The molecule has 8 heteroatoms. The Morgan fingerprint density at radius 3 is 2.36 bits per heavy atom. The molecule has 2 aromatic rings. The van der Waals surface area contributed by atoms with Gasteiger partial charge in [0.15, 0.2) is 0 Å². The SMILES string of the molecule is CCOc1ccc(C(=O)NC(C(=O)Nc2sccc2C(=O)OC)C(C)C)cc1. The van der Waals surface area contributed by atoms with E-state index in [2.05, 4.69) is 10.6 Å². The van der Waals surface area contributed by atoms with Crippen LogP contribution >= 0.6 is 11.3 Å². The van der Waals surface area contributed by atoms with E-state index in [-0.39, 0.29) is 17.4 Å². The van der Waals surface area contributed by atoms with E-state index >= 15 is 0 Å². The molecule has 0 aliphatic rings. The van der Waals surface area contributed by atoms with Crippen LogP contribution in [0.4, 0.5) is 5.00 Å². The highest BCUT2D eigenvalue weighted by Crippen LogP contribution is 2.24. The quantitative estimate of drug-likeness (QED) is 0.658. The largest absolute Gasteiger partial charge is 0.494 e. The normalized spacial score (nSPS) is 11.6. The Balaban J connectivity index is 2.10. The van der Waals surface area contributed by atoms with Gasteiger partial charge in [-0.05, 0) is 48.6 Å². The maximum absolute atomic E-state index is 12.7. The van der Waals surface area contributed by atoms with Crippen LogP contribution in [0, 0.1) is 5.92 Å². The van der Waals surface area contributed by atoms with Crippen molar-refractivity contribution in [3.8, 4) is 5.75 Å². The van der Waals surface area contributed by atoms with Crippen LogP contribution in [0.3, 0.4) is 0 Å². The number of carbonyl (C=O) groups is 3. The van der Waals surface area contributed by atoms with E-state index in [0.29, 0.717) is 22.9 Å². The van der Waals surface area contributed by atoms with Crippen molar-refractivity contribution in [3.05, 3.63) is 46.8 Å². The highest BCUT2D eigenvalue weighted by molar-refractivity contribution is 7.14. The zero-order chi connectivity index (χ0) is 20.7. The van der Waals surface area contributed by atoms with Crippen LogP contribution < -0.4 is 15.4 Å². The molecular formula is C20H24N2O5S. The Kier molecular flexibility index (Phi) is 7.57. The molecule has 2 amide bonds. The first-order valence-corrected chi connectivity index (χ1v) is 9.75. The number of rotatable bonds is 8. The molecule has 0 bridgehead atoms. The summed E-state index contributed by atoms with van der Waals surface area (Å²) >= 11 is 1.21. The van der Waals surface area contributed by atoms with Crippen molar-refractivity contribution in [1.82, 2.24) is 5.32 Å². The first-order valence-electron chi connectivity index (χ1n) is 8.87. The van der Waals surface area contributed by atoms with Crippen molar-refractivity contribution in [2.75, 3.05) is 19.0 Å². The summed E-state index contributed by atoms with van der Waals surface area (Å²) in [6.07, 6.45) is 0. The summed E-state index contributed by atoms with van der Waals surface area (Å²) in [6.45, 7) is 6.08. The van der Waals surface area contributed by atoms with E-state index < -0.39 is 17.9 Å². The molecule has 1 unspecified atom stereocenters. The predicted octanol–water partition coefficient (Wildman–Crippen LogP) is 3.33. The third kappa shape index (κ3) is 5.32. The van der Waals surface area contributed by atoms with E-state index in [1.165, 1.54) is 18.4 Å². The minimum Gasteiger partial charge on any atom is -0.494 e. The van der Waals surface area contributed by atoms with Gasteiger partial charge in [0.25, 0.3) is 5.91 Å². The van der Waals surface area contributed by atoms with Crippen molar-refractivity contribution in [2.24, 2.45) is 5.92 Å². The number of benzene rings is 1. The number of esters is 1. The Hall–Kier alpha value is -2.87. The summed E-state index contributed by atoms with van der Waals surface area (Å²) < 4.78 is 10.1. The van der Waals surface area contributed by atoms with Gasteiger partial charge in [-0.1, -0.05) is 13.8 Å². The molecule has 2 rings (SSSR count). The molecule has 1 aromatic heterocycles. The summed E-state index contributed by atoms with van der Waals surface area (Å²) in [4.78, 5) is 37.1. The van der Waals surface area contributed by atoms with Gasteiger partial charge in [-0.25, -0.2) is 4.79 Å². The van der Waals surface area contributed by atoms with Crippen LogP contribution in [0.15, 0.2) is 35.7 Å². The van der Waals surface area contributed by atoms with Gasteiger partial charge in [0.2, 0.25) is 5.91 Å². The number of methoxy groups -OCH3 is 1. The topological polar surface area (TPSA) is 93.7 Å². The molecule has 150 valence electrons. The van der Waals surface area contributed by atoms with Gasteiger partial charge in [0, 0.05) is 5.56 Å². The molecule has 0 radical (unpaired) electrons. The molecule has 0 spiro atoms. The van der Waals surface area contributed by atoms with Gasteiger partial charge in [0.05, 0.1) is 19.3 Å². The van der Waals surface area contributed by atoms with E-state index in [4.69, 9.17) is 9.47 Å². The molecule has 2 N–H and O–H groups in total. The van der Waals surface area contributed by atoms with E-state index in [1.807, 2.05) is 20.8 Å². The lowest BCUT2D eigenvalue weighted by Crippen LogP contribution is -2.47. The Bertz CT molecular complexity index is 829. The third-order valence-corrected chi connectivity index (χ3v) is 4.80. The fraction of sp³-hybridized carbons (Fsp3) is 0.350. The third-order valence-electron chi connectivity index (χ3n) is 3.97. The summed E-state index contributed by atoms with van der Waals surface area (Å²) in [7, 11) is 1.28. The average molecular weight is 404 g/mol. The van der Waals surface area contributed by atoms with Crippen LogP contribution in [0.1, 0.15) is 41.5 Å². The first kappa shape index (κ1) is 21.4. The number of hydrogen-bond donors (Lipinski definition) is 2. The Labute approximate surface area is 168 Å². The Morgan fingerprint density at radius 2 is 1.79 bits per heavy atom. The highest BCUT2D eigenvalue weighted by atomic mass is 32.1. The lowest BCUT2D eigenvalue weighted by Gasteiger charge is -2.21. The lowest BCUT2D eigenvalue weighted by atomic mass is 10.0. The molecular weight excluding hydrogens is 380 g/mol. The molecule has 1 atom stereocenters. The molecule has 7 nitrogen and oxygen atoms in total. The standard InChI is InChI=1S/C20H24N2O5S/c1-5-27-14-8-6-13(7-9-14)17(23)21-16(12(2)3)18(24)22-19-15(10-11-28-19)20(25)26-4/h6-12,16H,5H2,1-4H3,(H,21,23)(H,22,24). The van der Waals surface area contributed by atoms with E-state index in [0.717, 1.165) is 0 Å². The number of nitrogens with one attached hydrogen (secondary N) is 2. The van der Waals surface area contributed by atoms with Crippen molar-refractivity contribution >= 4 is 34.1 Å². The molecule has 0 aliphatic carbocycles. The maximum Gasteiger partial charge on any atom is 0.340 e. The molecule has 1 heterocycles. The smallest absolute Gasteiger partial charge is 0.340 e. The molecule has 0 aliphatic heterocycles. The predicted molar refractivity (Wildman–Crippen MR) is 108 cm³/mol. The van der Waals surface area contributed by atoms with Crippen molar-refractivity contribution in [1.29, 1.82) is 0 Å². The zero-order valence-corrected chi connectivity index (χ0v) is 17.1. The van der Waals surface area contributed by atoms with Gasteiger partial charge in [-0.2, -0.15) is 0 Å². The second kappa shape index (κ2) is 9.89. The van der Waals surface area contributed by atoms with Gasteiger partial charge < -0.3 is 20.1 Å². The first-order chi connectivity index (χ1) is 13.4. The van der Waals surface area contributed by atoms with Crippen LogP contribution in [0.25, 0.3) is 0 Å². The maximum atomic E-state index is 12.7. The van der Waals surface area contributed by atoms with Crippen molar-refractivity contribution in [2.45, 2.75) is 26.8 Å². The van der Waals surface area contributed by atoms with Crippen molar-refractivity contribution in [3.63, 3.8) is 0 Å². The number of anilines is 1. The summed E-state index contributed by atoms with van der Waals surface area (Å²) in [5.41, 5.74) is 0.703. The minimum absolute atomic E-state index is 0.159. The highest BCUT2D eigenvalue weighted by Gasteiger charge is 2.26. The fourth-order valence-electron chi connectivity index (χ4n) is 2.50. The molecule has 28 heavy (non-hydrogen) atoms. The van der Waals surface area contributed by atoms with Crippen molar-refractivity contribution < 1.29 is 23.9 Å². The summed E-state index contributed by atoms with van der Waals surface area (Å²) in [6, 6.07) is 7.50. The number of thiophene rings is 1. The number of ether oxygens (including phenoxy) is 2. The molecule has 0 saturated carbocycles. The monoisotopic (exact) mass is 404 g/mol. The average Bonchev–Trinajstić information content (AvgIpc) is 3.13. The number of amides is 2. The lowest BCUT2D eigenvalue weighted by molar-refractivity contribution is -0.118. The number of carbonyl (C=O) groups excluding carboxylic acids is 3. The summed E-state index contributed by atoms with van der Waals surface area (Å²) in [5.74, 6) is -0.785.